The average molecular weight is 401 g/mol. The molecule has 1 fully saturated rings. The largest absolute Gasteiger partial charge is 0.508 e. The summed E-state index contributed by atoms with van der Waals surface area (Å²) < 4.78 is 14.1. The zero-order chi connectivity index (χ0) is 21.0. The summed E-state index contributed by atoms with van der Waals surface area (Å²) in [6.07, 6.45) is 0.344. The van der Waals surface area contributed by atoms with Gasteiger partial charge in [0, 0.05) is 13.1 Å². The maximum Gasteiger partial charge on any atom is 0.314 e. The van der Waals surface area contributed by atoms with Gasteiger partial charge in [0.25, 0.3) is 5.91 Å². The second kappa shape index (κ2) is 8.61. The molecule has 0 unspecified atom stereocenters. The van der Waals surface area contributed by atoms with Crippen molar-refractivity contribution in [2.75, 3.05) is 13.1 Å². The monoisotopic (exact) mass is 401 g/mol. The molecule has 154 valence electrons. The minimum Gasteiger partial charge on any atom is -0.508 e. The van der Waals surface area contributed by atoms with Crippen LogP contribution >= 0.6 is 0 Å². The zero-order valence-corrected chi connectivity index (χ0v) is 15.9. The van der Waals surface area contributed by atoms with E-state index in [2.05, 4.69) is 0 Å². The normalized spacial score (nSPS) is 21.7. The first kappa shape index (κ1) is 20.8. The smallest absolute Gasteiger partial charge is 0.314 e. The van der Waals surface area contributed by atoms with E-state index in [0.29, 0.717) is 12.8 Å². The van der Waals surface area contributed by atoms with Crippen molar-refractivity contribution < 1.29 is 29.3 Å². The van der Waals surface area contributed by atoms with E-state index in [4.69, 9.17) is 0 Å². The van der Waals surface area contributed by atoms with E-state index in [9.17, 15) is 29.3 Å². The predicted octanol–water partition coefficient (Wildman–Crippen LogP) is 2.83. The molecule has 2 aromatic carbocycles. The maximum atomic E-state index is 14.1. The fourth-order valence-corrected chi connectivity index (χ4v) is 3.92. The number of carbonyl (C=O) groups is 2. The number of aromatic hydroxyl groups is 1. The Hall–Kier alpha value is -2.93. The molecule has 2 aromatic rings. The van der Waals surface area contributed by atoms with Crippen molar-refractivity contribution in [3.63, 3.8) is 0 Å². The lowest BCUT2D eigenvalue weighted by Gasteiger charge is -2.43. The van der Waals surface area contributed by atoms with Crippen LogP contribution in [0.5, 0.6) is 5.75 Å². The van der Waals surface area contributed by atoms with Crippen molar-refractivity contribution in [3.05, 3.63) is 65.5 Å². The third-order valence-corrected chi connectivity index (χ3v) is 5.61. The van der Waals surface area contributed by atoms with Gasteiger partial charge in [-0.05, 0) is 49.4 Å². The van der Waals surface area contributed by atoms with Crippen LogP contribution in [-0.2, 0) is 11.2 Å². The highest BCUT2D eigenvalue weighted by atomic mass is 19.1. The number of benzene rings is 2. The molecule has 0 bridgehead atoms. The number of aliphatic carboxylic acids is 1. The van der Waals surface area contributed by atoms with Gasteiger partial charge >= 0.3 is 5.97 Å². The van der Waals surface area contributed by atoms with Crippen LogP contribution in [0.4, 0.5) is 4.39 Å². The Kier molecular flexibility index (Phi) is 6.17. The van der Waals surface area contributed by atoms with Gasteiger partial charge in [-0.3, -0.25) is 9.59 Å². The Morgan fingerprint density at radius 3 is 2.59 bits per heavy atom. The number of hydrogen-bond donors (Lipinski definition) is 3. The quantitative estimate of drug-likeness (QED) is 0.692. The third kappa shape index (κ3) is 4.40. The lowest BCUT2D eigenvalue weighted by molar-refractivity contribution is -0.162. The molecule has 1 heterocycles. The van der Waals surface area contributed by atoms with Gasteiger partial charge < -0.3 is 20.2 Å². The summed E-state index contributed by atoms with van der Waals surface area (Å²) in [5.41, 5.74) is -0.770. The van der Waals surface area contributed by atoms with Gasteiger partial charge in [-0.25, -0.2) is 4.39 Å². The van der Waals surface area contributed by atoms with E-state index in [1.165, 1.54) is 4.90 Å². The number of piperidine rings is 1. The lowest BCUT2D eigenvalue weighted by atomic mass is 9.73. The SMILES string of the molecule is O=C(c1cc(O)ccc1F)N1CC[C@@H](O)[C@](CCCc2ccccc2)(C(=O)O)C1. The summed E-state index contributed by atoms with van der Waals surface area (Å²) in [5, 5.41) is 30.0. The van der Waals surface area contributed by atoms with E-state index in [0.717, 1.165) is 23.8 Å². The summed E-state index contributed by atoms with van der Waals surface area (Å²) in [6, 6.07) is 12.8. The summed E-state index contributed by atoms with van der Waals surface area (Å²) in [4.78, 5) is 26.2. The Labute approximate surface area is 168 Å². The molecule has 2 atom stereocenters. The fraction of sp³-hybridized carbons (Fsp3) is 0.364. The number of phenolic OH excluding ortho intramolecular Hbond substituents is 1. The minimum absolute atomic E-state index is 0.0871. The number of carboxylic acid groups (broad SMARTS) is 1. The molecular weight excluding hydrogens is 377 g/mol. The van der Waals surface area contributed by atoms with Crippen LogP contribution in [-0.4, -0.2) is 51.3 Å². The van der Waals surface area contributed by atoms with Crippen LogP contribution in [0.2, 0.25) is 0 Å². The van der Waals surface area contributed by atoms with Crippen LogP contribution in [0.1, 0.15) is 35.2 Å². The van der Waals surface area contributed by atoms with Crippen molar-refractivity contribution in [1.82, 2.24) is 4.90 Å². The summed E-state index contributed by atoms with van der Waals surface area (Å²) in [5.74, 6) is -2.91. The van der Waals surface area contributed by atoms with Crippen molar-refractivity contribution >= 4 is 11.9 Å². The molecular formula is C22H24FNO5. The second-order valence-electron chi connectivity index (χ2n) is 7.50. The number of halogens is 1. The highest BCUT2D eigenvalue weighted by Gasteiger charge is 2.49. The number of aryl methyl sites for hydroxylation is 1. The topological polar surface area (TPSA) is 98.1 Å². The number of carboxylic acids is 1. The van der Waals surface area contributed by atoms with E-state index in [1.807, 2.05) is 30.3 Å². The molecule has 7 heteroatoms. The van der Waals surface area contributed by atoms with E-state index < -0.39 is 29.2 Å². The van der Waals surface area contributed by atoms with Gasteiger partial charge in [-0.15, -0.1) is 0 Å². The Morgan fingerprint density at radius 1 is 1.17 bits per heavy atom. The zero-order valence-electron chi connectivity index (χ0n) is 15.9. The van der Waals surface area contributed by atoms with Gasteiger partial charge in [-0.1, -0.05) is 30.3 Å². The van der Waals surface area contributed by atoms with Crippen LogP contribution in [0.25, 0.3) is 0 Å². The number of phenols is 1. The maximum absolute atomic E-state index is 14.1. The molecule has 3 N–H and O–H groups in total. The van der Waals surface area contributed by atoms with Crippen molar-refractivity contribution in [2.45, 2.75) is 31.8 Å². The Morgan fingerprint density at radius 2 is 1.90 bits per heavy atom. The molecule has 29 heavy (non-hydrogen) atoms. The van der Waals surface area contributed by atoms with Gasteiger partial charge in [-0.2, -0.15) is 0 Å². The number of aliphatic hydroxyl groups is 1. The van der Waals surface area contributed by atoms with Gasteiger partial charge in [0.05, 0.1) is 11.7 Å². The number of hydrogen-bond acceptors (Lipinski definition) is 4. The molecule has 6 nitrogen and oxygen atoms in total. The van der Waals surface area contributed by atoms with Crippen LogP contribution in [0, 0.1) is 11.2 Å². The van der Waals surface area contributed by atoms with Crippen molar-refractivity contribution in [3.8, 4) is 5.75 Å². The first-order valence-electron chi connectivity index (χ1n) is 9.57. The fourth-order valence-electron chi connectivity index (χ4n) is 3.92. The standard InChI is InChI=1S/C22H24FNO5/c23-18-9-8-16(25)13-17(18)20(27)24-12-10-19(26)22(14-24,21(28)29)11-4-7-15-5-2-1-3-6-15/h1-3,5-6,8-9,13,19,25-26H,4,7,10-12,14H2,(H,28,29)/t19-,22-/m1/s1. The number of amides is 1. The Balaban J connectivity index is 1.78. The van der Waals surface area contributed by atoms with Crippen LogP contribution in [0.15, 0.2) is 48.5 Å². The van der Waals surface area contributed by atoms with Gasteiger partial charge in [0.2, 0.25) is 0 Å². The first-order chi connectivity index (χ1) is 13.8. The number of nitrogens with zero attached hydrogens (tertiary/aromatic N) is 1. The van der Waals surface area contributed by atoms with Crippen LogP contribution < -0.4 is 0 Å². The Bertz CT molecular complexity index is 888. The molecule has 1 aliphatic heterocycles. The molecule has 1 amide bonds. The highest BCUT2D eigenvalue weighted by molar-refractivity contribution is 5.95. The molecule has 0 spiro atoms. The minimum atomic E-state index is -1.52. The second-order valence-corrected chi connectivity index (χ2v) is 7.50. The summed E-state index contributed by atoms with van der Waals surface area (Å²) >= 11 is 0. The molecule has 1 saturated heterocycles. The average Bonchev–Trinajstić information content (AvgIpc) is 2.71. The van der Waals surface area contributed by atoms with E-state index in [1.54, 1.807) is 0 Å². The molecule has 0 radical (unpaired) electrons. The summed E-state index contributed by atoms with van der Waals surface area (Å²) in [6.45, 7) is -0.102. The first-order valence-corrected chi connectivity index (χ1v) is 9.57. The predicted molar refractivity (Wildman–Crippen MR) is 104 cm³/mol. The lowest BCUT2D eigenvalue weighted by Crippen LogP contribution is -2.57. The molecule has 0 aliphatic carbocycles. The van der Waals surface area contributed by atoms with Crippen molar-refractivity contribution in [2.24, 2.45) is 5.41 Å². The number of carbonyl (C=O) groups excluding carboxylic acids is 1. The molecule has 3 rings (SSSR count). The van der Waals surface area contributed by atoms with Crippen molar-refractivity contribution in [1.29, 1.82) is 0 Å². The number of rotatable bonds is 6. The number of aliphatic hydroxyl groups excluding tert-OH is 1. The van der Waals surface area contributed by atoms with E-state index in [-0.39, 0.29) is 37.2 Å². The van der Waals surface area contributed by atoms with Gasteiger partial charge in [0.15, 0.2) is 0 Å². The van der Waals surface area contributed by atoms with Gasteiger partial charge in [0.1, 0.15) is 17.0 Å². The molecule has 0 saturated carbocycles. The van der Waals surface area contributed by atoms with E-state index >= 15 is 0 Å². The molecule has 1 aliphatic rings. The number of likely N-dealkylation sites (tertiary alicyclic amines) is 1. The molecule has 0 aromatic heterocycles. The van der Waals surface area contributed by atoms with Crippen LogP contribution in [0.3, 0.4) is 0 Å². The summed E-state index contributed by atoms with van der Waals surface area (Å²) in [7, 11) is 0. The highest BCUT2D eigenvalue weighted by Crippen LogP contribution is 2.37. The third-order valence-electron chi connectivity index (χ3n) is 5.61.